The zero-order chi connectivity index (χ0) is 8.41. The summed E-state index contributed by atoms with van der Waals surface area (Å²) in [6, 6.07) is 0. The third kappa shape index (κ3) is 2.48. The van der Waals surface area contributed by atoms with Crippen molar-refractivity contribution in [1.29, 1.82) is 0 Å². The van der Waals surface area contributed by atoms with Gasteiger partial charge in [0, 0.05) is 5.75 Å². The van der Waals surface area contributed by atoms with E-state index in [9.17, 15) is 5.11 Å². The Kier molecular flexibility index (Phi) is 3.20. The van der Waals surface area contributed by atoms with Gasteiger partial charge in [-0.05, 0) is 26.4 Å². The molecule has 0 atom stereocenters. The Morgan fingerprint density at radius 2 is 1.70 bits per heavy atom. The van der Waals surface area contributed by atoms with Gasteiger partial charge in [-0.2, -0.15) is 0 Å². The summed E-state index contributed by atoms with van der Waals surface area (Å²) < 4.78 is 0. The first kappa shape index (κ1) is 10.3. The Labute approximate surface area is 64.6 Å². The topological polar surface area (TPSA) is 40.5 Å². The fraction of sp³-hybridized carbons (Fsp3) is 1.00. The van der Waals surface area contributed by atoms with Crippen molar-refractivity contribution >= 4 is 10.0 Å². The Hall–Kier alpha value is 0.270. The van der Waals surface area contributed by atoms with Crippen molar-refractivity contribution < 1.29 is 10.2 Å². The second-order valence-corrected chi connectivity index (χ2v) is 7.90. The van der Waals surface area contributed by atoms with Crippen LogP contribution in [-0.4, -0.2) is 40.0 Å². The van der Waals surface area contributed by atoms with Crippen molar-refractivity contribution in [2.45, 2.75) is 18.8 Å². The highest BCUT2D eigenvalue weighted by molar-refractivity contribution is 8.33. The summed E-state index contributed by atoms with van der Waals surface area (Å²) in [5.41, 5.74) is 0. The monoisotopic (exact) mass is 166 g/mol. The van der Waals surface area contributed by atoms with E-state index in [0.717, 1.165) is 5.75 Å². The molecule has 0 aliphatic heterocycles. The average molecular weight is 166 g/mol. The van der Waals surface area contributed by atoms with E-state index >= 15 is 0 Å². The van der Waals surface area contributed by atoms with Gasteiger partial charge in [0.1, 0.15) is 0 Å². The van der Waals surface area contributed by atoms with Gasteiger partial charge >= 0.3 is 0 Å². The Balaban J connectivity index is 4.10. The number of rotatable bonds is 3. The summed E-state index contributed by atoms with van der Waals surface area (Å²) in [6.45, 7) is 3.78. The SMILES string of the molecule is CC(C)(O)S(C)(C)CCO. The summed E-state index contributed by atoms with van der Waals surface area (Å²) in [7, 11) is -1.04. The average Bonchev–Trinajstić information content (AvgIpc) is 1.61. The predicted molar refractivity (Wildman–Crippen MR) is 47.7 cm³/mol. The van der Waals surface area contributed by atoms with E-state index in [4.69, 9.17) is 5.11 Å². The highest BCUT2D eigenvalue weighted by atomic mass is 32.3. The fourth-order valence-corrected chi connectivity index (χ4v) is 1.43. The maximum Gasteiger partial charge on any atom is 0.0891 e. The molecule has 0 aromatic rings. The van der Waals surface area contributed by atoms with E-state index in [2.05, 4.69) is 0 Å². The summed E-state index contributed by atoms with van der Waals surface area (Å²) in [5.74, 6) is 0.719. The lowest BCUT2D eigenvalue weighted by Crippen LogP contribution is -2.29. The van der Waals surface area contributed by atoms with E-state index < -0.39 is 15.0 Å². The molecule has 0 radical (unpaired) electrons. The van der Waals surface area contributed by atoms with Crippen molar-refractivity contribution in [2.75, 3.05) is 24.9 Å². The van der Waals surface area contributed by atoms with Crippen molar-refractivity contribution in [3.63, 3.8) is 0 Å². The molecule has 0 aliphatic rings. The number of hydrogen-bond acceptors (Lipinski definition) is 2. The van der Waals surface area contributed by atoms with E-state index in [1.54, 1.807) is 13.8 Å². The number of hydrogen-bond donors (Lipinski definition) is 2. The standard InChI is InChI=1S/C7H18O2S/c1-7(2,9)10(3,4)6-5-8/h8-9H,5-6H2,1-4H3. The van der Waals surface area contributed by atoms with Gasteiger partial charge in [0.05, 0.1) is 11.5 Å². The smallest absolute Gasteiger partial charge is 0.0891 e. The lowest BCUT2D eigenvalue weighted by atomic mass is 10.5. The molecule has 0 unspecified atom stereocenters. The summed E-state index contributed by atoms with van der Waals surface area (Å²) in [5, 5.41) is 18.3. The predicted octanol–water partition coefficient (Wildman–Crippen LogP) is 0.771. The molecule has 0 spiro atoms. The Morgan fingerprint density at radius 3 is 1.80 bits per heavy atom. The first-order chi connectivity index (χ1) is 4.31. The van der Waals surface area contributed by atoms with Crippen molar-refractivity contribution in [3.05, 3.63) is 0 Å². The van der Waals surface area contributed by atoms with Gasteiger partial charge in [0.25, 0.3) is 0 Å². The molecule has 0 saturated carbocycles. The van der Waals surface area contributed by atoms with E-state index in [1.807, 2.05) is 12.5 Å². The van der Waals surface area contributed by atoms with E-state index in [0.29, 0.717) is 0 Å². The molecule has 0 heterocycles. The first-order valence-electron chi connectivity index (χ1n) is 3.35. The molecular weight excluding hydrogens is 148 g/mol. The van der Waals surface area contributed by atoms with Gasteiger partial charge in [-0.1, -0.05) is 0 Å². The molecule has 0 aromatic heterocycles. The van der Waals surface area contributed by atoms with Crippen LogP contribution in [0.25, 0.3) is 0 Å². The molecule has 0 aliphatic carbocycles. The van der Waals surface area contributed by atoms with E-state index in [-0.39, 0.29) is 6.61 Å². The molecule has 3 heteroatoms. The summed E-state index contributed by atoms with van der Waals surface area (Å²) in [4.78, 5) is -0.629. The molecule has 0 aromatic carbocycles. The lowest BCUT2D eigenvalue weighted by molar-refractivity contribution is 0.173. The zero-order valence-electron chi connectivity index (χ0n) is 7.22. The third-order valence-corrected chi connectivity index (χ3v) is 5.86. The van der Waals surface area contributed by atoms with Crippen LogP contribution in [0.4, 0.5) is 0 Å². The molecule has 0 rings (SSSR count). The number of aliphatic hydroxyl groups is 2. The molecule has 2 nitrogen and oxygen atoms in total. The maximum atomic E-state index is 9.60. The molecule has 0 bridgehead atoms. The van der Waals surface area contributed by atoms with Crippen LogP contribution in [0, 0.1) is 0 Å². The lowest BCUT2D eigenvalue weighted by Gasteiger charge is -2.42. The highest BCUT2D eigenvalue weighted by Gasteiger charge is 2.28. The first-order valence-corrected chi connectivity index (χ1v) is 5.97. The van der Waals surface area contributed by atoms with E-state index in [1.165, 1.54) is 0 Å². The van der Waals surface area contributed by atoms with Gasteiger partial charge in [0.15, 0.2) is 0 Å². The van der Waals surface area contributed by atoms with Gasteiger partial charge < -0.3 is 10.2 Å². The second kappa shape index (κ2) is 3.11. The Bertz CT molecular complexity index is 105. The van der Waals surface area contributed by atoms with Crippen LogP contribution in [0.2, 0.25) is 0 Å². The number of aliphatic hydroxyl groups excluding tert-OH is 1. The molecule has 0 amide bonds. The third-order valence-electron chi connectivity index (χ3n) is 1.95. The summed E-state index contributed by atoms with van der Waals surface area (Å²) in [6.07, 6.45) is 4.06. The highest BCUT2D eigenvalue weighted by Crippen LogP contribution is 2.50. The minimum absolute atomic E-state index is 0.173. The maximum absolute atomic E-state index is 9.60. The van der Waals surface area contributed by atoms with Gasteiger partial charge in [-0.25, -0.2) is 10.0 Å². The van der Waals surface area contributed by atoms with Crippen LogP contribution in [0.5, 0.6) is 0 Å². The van der Waals surface area contributed by atoms with Crippen LogP contribution in [0.15, 0.2) is 0 Å². The van der Waals surface area contributed by atoms with Crippen molar-refractivity contribution in [2.24, 2.45) is 0 Å². The minimum atomic E-state index is -1.04. The normalized spacial score (nSPS) is 15.4. The molecule has 2 N–H and O–H groups in total. The fourth-order valence-electron chi connectivity index (χ4n) is 0.478. The quantitative estimate of drug-likeness (QED) is 0.650. The summed E-state index contributed by atoms with van der Waals surface area (Å²) >= 11 is 0. The van der Waals surface area contributed by atoms with Gasteiger partial charge in [-0.3, -0.25) is 0 Å². The van der Waals surface area contributed by atoms with Gasteiger partial charge in [-0.15, -0.1) is 0 Å². The van der Waals surface area contributed by atoms with Crippen LogP contribution >= 0.6 is 10.0 Å². The van der Waals surface area contributed by atoms with Crippen LogP contribution in [0.1, 0.15) is 13.8 Å². The van der Waals surface area contributed by atoms with Crippen LogP contribution in [0.3, 0.4) is 0 Å². The Morgan fingerprint density at radius 1 is 1.30 bits per heavy atom. The van der Waals surface area contributed by atoms with Crippen LogP contribution in [-0.2, 0) is 0 Å². The minimum Gasteiger partial charge on any atom is -0.396 e. The van der Waals surface area contributed by atoms with Crippen LogP contribution < -0.4 is 0 Å². The molecule has 0 saturated heterocycles. The molecule has 0 fully saturated rings. The van der Waals surface area contributed by atoms with Gasteiger partial charge in [0.2, 0.25) is 0 Å². The zero-order valence-corrected chi connectivity index (χ0v) is 8.03. The second-order valence-electron chi connectivity index (χ2n) is 3.41. The molecular formula is C7H18O2S. The molecule has 10 heavy (non-hydrogen) atoms. The van der Waals surface area contributed by atoms with Crippen molar-refractivity contribution in [3.8, 4) is 0 Å². The molecule has 64 valence electrons. The largest absolute Gasteiger partial charge is 0.396 e. The van der Waals surface area contributed by atoms with Crippen molar-refractivity contribution in [1.82, 2.24) is 0 Å².